The quantitative estimate of drug-likeness (QED) is 0.696. The maximum Gasteiger partial charge on any atom is 0.260 e. The average molecular weight is 231 g/mol. The highest BCUT2D eigenvalue weighted by Gasteiger charge is 2.23. The van der Waals surface area contributed by atoms with Crippen molar-refractivity contribution in [2.75, 3.05) is 6.54 Å². The first-order valence-electron chi connectivity index (χ1n) is 6.10. The number of aryl methyl sites for hydroxylation is 1. The van der Waals surface area contributed by atoms with Gasteiger partial charge in [-0.15, -0.1) is 0 Å². The zero-order chi connectivity index (χ0) is 12.3. The summed E-state index contributed by atoms with van der Waals surface area (Å²) in [5, 5.41) is 0. The Kier molecular flexibility index (Phi) is 3.57. The summed E-state index contributed by atoms with van der Waals surface area (Å²) in [5.41, 5.74) is 1.72. The van der Waals surface area contributed by atoms with E-state index in [4.69, 9.17) is 0 Å². The summed E-state index contributed by atoms with van der Waals surface area (Å²) in [6.45, 7) is 2.54. The van der Waals surface area contributed by atoms with Crippen LogP contribution in [0.3, 0.4) is 0 Å². The molecule has 0 unspecified atom stereocenters. The van der Waals surface area contributed by atoms with Crippen LogP contribution in [0.25, 0.3) is 0 Å². The van der Waals surface area contributed by atoms with E-state index in [0.717, 1.165) is 24.8 Å². The minimum absolute atomic E-state index is 0.0342. The van der Waals surface area contributed by atoms with Crippen LogP contribution in [0.15, 0.2) is 24.3 Å². The standard InChI is InChI=1S/C14H17NO2/c1-11-6-8-12(9-7-11)14(17)15-10-4-2-3-5-13(15)16/h6-9H,2-5,10H2,1H3. The van der Waals surface area contributed by atoms with Crippen LogP contribution in [0.4, 0.5) is 0 Å². The molecule has 3 nitrogen and oxygen atoms in total. The van der Waals surface area contributed by atoms with Crippen LogP contribution in [0.5, 0.6) is 0 Å². The zero-order valence-electron chi connectivity index (χ0n) is 10.1. The van der Waals surface area contributed by atoms with Crippen molar-refractivity contribution >= 4 is 11.8 Å². The normalized spacial score (nSPS) is 16.8. The third-order valence-electron chi connectivity index (χ3n) is 3.12. The molecule has 0 saturated carbocycles. The van der Waals surface area contributed by atoms with Crippen molar-refractivity contribution in [2.24, 2.45) is 0 Å². The third-order valence-corrected chi connectivity index (χ3v) is 3.12. The molecule has 2 rings (SSSR count). The molecule has 1 aliphatic heterocycles. The number of carbonyl (C=O) groups excluding carboxylic acids is 2. The van der Waals surface area contributed by atoms with E-state index >= 15 is 0 Å². The van der Waals surface area contributed by atoms with E-state index in [2.05, 4.69) is 0 Å². The monoisotopic (exact) mass is 231 g/mol. The maximum atomic E-state index is 12.2. The molecule has 2 amide bonds. The number of benzene rings is 1. The van der Waals surface area contributed by atoms with Crippen LogP contribution in [-0.2, 0) is 4.79 Å². The number of imide groups is 1. The Balaban J connectivity index is 2.18. The topological polar surface area (TPSA) is 37.4 Å². The van der Waals surface area contributed by atoms with Crippen LogP contribution < -0.4 is 0 Å². The molecule has 17 heavy (non-hydrogen) atoms. The second-order valence-electron chi connectivity index (χ2n) is 4.53. The number of carbonyl (C=O) groups is 2. The summed E-state index contributed by atoms with van der Waals surface area (Å²) in [7, 11) is 0. The maximum absolute atomic E-state index is 12.2. The zero-order valence-corrected chi connectivity index (χ0v) is 10.1. The van der Waals surface area contributed by atoms with Gasteiger partial charge in [0.2, 0.25) is 5.91 Å². The molecule has 0 radical (unpaired) electrons. The number of hydrogen-bond acceptors (Lipinski definition) is 2. The molecular weight excluding hydrogens is 214 g/mol. The van der Waals surface area contributed by atoms with Crippen LogP contribution in [0.1, 0.15) is 41.6 Å². The summed E-state index contributed by atoms with van der Waals surface area (Å²) in [6, 6.07) is 7.37. The van der Waals surface area contributed by atoms with Gasteiger partial charge in [-0.25, -0.2) is 0 Å². The van der Waals surface area contributed by atoms with E-state index in [1.54, 1.807) is 12.1 Å². The Labute approximate surface area is 101 Å². The number of nitrogens with zero attached hydrogens (tertiary/aromatic N) is 1. The van der Waals surface area contributed by atoms with Crippen molar-refractivity contribution in [3.05, 3.63) is 35.4 Å². The average Bonchev–Trinajstić information content (AvgIpc) is 2.54. The predicted octanol–water partition coefficient (Wildman–Crippen LogP) is 2.54. The summed E-state index contributed by atoms with van der Waals surface area (Å²) in [5.74, 6) is -0.190. The molecule has 90 valence electrons. The van der Waals surface area contributed by atoms with Crippen molar-refractivity contribution in [1.82, 2.24) is 4.90 Å². The van der Waals surface area contributed by atoms with Gasteiger partial charge in [-0.05, 0) is 31.9 Å². The van der Waals surface area contributed by atoms with Gasteiger partial charge in [0, 0.05) is 18.5 Å². The number of rotatable bonds is 1. The van der Waals surface area contributed by atoms with Gasteiger partial charge in [-0.2, -0.15) is 0 Å². The third kappa shape index (κ3) is 2.73. The van der Waals surface area contributed by atoms with E-state index < -0.39 is 0 Å². The van der Waals surface area contributed by atoms with Gasteiger partial charge >= 0.3 is 0 Å². The Morgan fingerprint density at radius 2 is 1.82 bits per heavy atom. The molecular formula is C14H17NO2. The van der Waals surface area contributed by atoms with Gasteiger partial charge in [0.25, 0.3) is 5.91 Å². The van der Waals surface area contributed by atoms with Crippen molar-refractivity contribution < 1.29 is 9.59 Å². The second-order valence-corrected chi connectivity index (χ2v) is 4.53. The lowest BCUT2D eigenvalue weighted by Gasteiger charge is -2.18. The highest BCUT2D eigenvalue weighted by atomic mass is 16.2. The Hall–Kier alpha value is -1.64. The molecule has 1 aromatic rings. The van der Waals surface area contributed by atoms with Crippen LogP contribution in [-0.4, -0.2) is 23.3 Å². The van der Waals surface area contributed by atoms with Gasteiger partial charge in [-0.3, -0.25) is 14.5 Å². The van der Waals surface area contributed by atoms with Gasteiger partial charge in [0.05, 0.1) is 0 Å². The first kappa shape index (κ1) is 11.8. The van der Waals surface area contributed by atoms with Crippen molar-refractivity contribution in [1.29, 1.82) is 0 Å². The SMILES string of the molecule is Cc1ccc(C(=O)N2CCCCCC2=O)cc1. The summed E-state index contributed by atoms with van der Waals surface area (Å²) < 4.78 is 0. The number of amides is 2. The molecule has 0 N–H and O–H groups in total. The molecule has 1 fully saturated rings. The summed E-state index contributed by atoms with van der Waals surface area (Å²) >= 11 is 0. The summed E-state index contributed by atoms with van der Waals surface area (Å²) in [4.78, 5) is 25.4. The minimum atomic E-state index is -0.156. The fourth-order valence-electron chi connectivity index (χ4n) is 2.05. The smallest absolute Gasteiger partial charge is 0.260 e. The molecule has 1 aliphatic rings. The molecule has 1 aromatic carbocycles. The predicted molar refractivity (Wildman–Crippen MR) is 65.7 cm³/mol. The fraction of sp³-hybridized carbons (Fsp3) is 0.429. The van der Waals surface area contributed by atoms with Crippen LogP contribution in [0, 0.1) is 6.92 Å². The van der Waals surface area contributed by atoms with E-state index in [1.165, 1.54) is 4.90 Å². The van der Waals surface area contributed by atoms with Crippen molar-refractivity contribution in [3.63, 3.8) is 0 Å². The Bertz CT molecular complexity index is 422. The van der Waals surface area contributed by atoms with Crippen LogP contribution in [0.2, 0.25) is 0 Å². The lowest BCUT2D eigenvalue weighted by molar-refractivity contribution is -0.128. The fourth-order valence-corrected chi connectivity index (χ4v) is 2.05. The molecule has 1 heterocycles. The second kappa shape index (κ2) is 5.13. The Morgan fingerprint density at radius 3 is 2.53 bits per heavy atom. The Morgan fingerprint density at radius 1 is 1.12 bits per heavy atom. The van der Waals surface area contributed by atoms with E-state index in [0.29, 0.717) is 18.5 Å². The summed E-state index contributed by atoms with van der Waals surface area (Å²) in [6.07, 6.45) is 3.35. The van der Waals surface area contributed by atoms with Gasteiger partial charge in [0.1, 0.15) is 0 Å². The van der Waals surface area contributed by atoms with Gasteiger partial charge in [0.15, 0.2) is 0 Å². The van der Waals surface area contributed by atoms with Crippen molar-refractivity contribution in [2.45, 2.75) is 32.6 Å². The van der Waals surface area contributed by atoms with Gasteiger partial charge in [-0.1, -0.05) is 24.1 Å². The highest BCUT2D eigenvalue weighted by molar-refractivity contribution is 6.04. The molecule has 0 spiro atoms. The van der Waals surface area contributed by atoms with E-state index in [-0.39, 0.29) is 11.8 Å². The molecule has 0 aromatic heterocycles. The number of hydrogen-bond donors (Lipinski definition) is 0. The molecule has 0 atom stereocenters. The molecule has 0 aliphatic carbocycles. The lowest BCUT2D eigenvalue weighted by atomic mass is 10.1. The molecule has 0 bridgehead atoms. The molecule has 1 saturated heterocycles. The lowest BCUT2D eigenvalue weighted by Crippen LogP contribution is -2.36. The highest BCUT2D eigenvalue weighted by Crippen LogP contribution is 2.15. The van der Waals surface area contributed by atoms with E-state index in [9.17, 15) is 9.59 Å². The minimum Gasteiger partial charge on any atom is -0.279 e. The van der Waals surface area contributed by atoms with E-state index in [1.807, 2.05) is 19.1 Å². The first-order chi connectivity index (χ1) is 8.18. The first-order valence-corrected chi connectivity index (χ1v) is 6.10. The number of likely N-dealkylation sites (tertiary alicyclic amines) is 1. The molecule has 3 heteroatoms. The van der Waals surface area contributed by atoms with Crippen LogP contribution >= 0.6 is 0 Å². The van der Waals surface area contributed by atoms with Gasteiger partial charge < -0.3 is 0 Å². The van der Waals surface area contributed by atoms with Crippen molar-refractivity contribution in [3.8, 4) is 0 Å². The largest absolute Gasteiger partial charge is 0.279 e.